The van der Waals surface area contributed by atoms with Gasteiger partial charge in [0.15, 0.2) is 5.78 Å². The number of hydrogen-bond donors (Lipinski definition) is 0. The third kappa shape index (κ3) is 1.88. The van der Waals surface area contributed by atoms with Crippen LogP contribution >= 0.6 is 0 Å². The van der Waals surface area contributed by atoms with E-state index in [1.54, 1.807) is 12.4 Å². The molecule has 0 aliphatic carbocycles. The summed E-state index contributed by atoms with van der Waals surface area (Å²) in [6, 6.07) is 10.3. The van der Waals surface area contributed by atoms with E-state index in [0.29, 0.717) is 0 Å². The zero-order chi connectivity index (χ0) is 15.1. The number of nitrogens with zero attached hydrogens (tertiary/aromatic N) is 3. The van der Waals surface area contributed by atoms with Crippen LogP contribution in [0.2, 0.25) is 0 Å². The van der Waals surface area contributed by atoms with Gasteiger partial charge in [-0.1, -0.05) is 12.1 Å². The molecule has 1 aromatic carbocycles. The Hall–Kier alpha value is -2.75. The molecule has 4 nitrogen and oxygen atoms in total. The van der Waals surface area contributed by atoms with Crippen molar-refractivity contribution in [3.8, 4) is 11.1 Å². The van der Waals surface area contributed by atoms with Crippen molar-refractivity contribution in [1.29, 1.82) is 0 Å². The average Bonchev–Trinajstić information content (AvgIpc) is 2.95. The monoisotopic (exact) mass is 289 g/mol. The van der Waals surface area contributed by atoms with Gasteiger partial charge in [-0.3, -0.25) is 14.8 Å². The standard InChI is InChI=1S/C18H15N3O/c1-2-21-11-15-17(22)10-20-18(15)14-4-3-13(9-16(14)21)12-5-7-19-8-6-12/h3-9,11H,2,10H2,1H3. The van der Waals surface area contributed by atoms with Gasteiger partial charge >= 0.3 is 0 Å². The SMILES string of the molecule is CCN1C=C2C(=O)CN=C2c2ccc(-c3ccncc3)cc21. The molecule has 2 aromatic rings. The topological polar surface area (TPSA) is 45.6 Å². The Kier molecular flexibility index (Phi) is 2.89. The second-order valence-electron chi connectivity index (χ2n) is 5.38. The molecule has 0 fully saturated rings. The maximum atomic E-state index is 12.0. The summed E-state index contributed by atoms with van der Waals surface area (Å²) in [5.74, 6) is 0.109. The van der Waals surface area contributed by atoms with Gasteiger partial charge < -0.3 is 4.90 Å². The molecule has 0 spiro atoms. The minimum Gasteiger partial charge on any atom is -0.347 e. The second-order valence-corrected chi connectivity index (χ2v) is 5.38. The zero-order valence-corrected chi connectivity index (χ0v) is 12.3. The second kappa shape index (κ2) is 4.91. The lowest BCUT2D eigenvalue weighted by atomic mass is 9.94. The summed E-state index contributed by atoms with van der Waals surface area (Å²) in [6.45, 7) is 3.17. The third-order valence-corrected chi connectivity index (χ3v) is 4.14. The first-order valence-corrected chi connectivity index (χ1v) is 7.39. The van der Waals surface area contributed by atoms with Crippen molar-refractivity contribution < 1.29 is 4.79 Å². The van der Waals surface area contributed by atoms with Crippen LogP contribution in [0.4, 0.5) is 5.69 Å². The number of anilines is 1. The summed E-state index contributed by atoms with van der Waals surface area (Å²) in [6.07, 6.45) is 5.53. The predicted molar refractivity (Wildman–Crippen MR) is 87.2 cm³/mol. The van der Waals surface area contributed by atoms with Crippen LogP contribution < -0.4 is 4.90 Å². The summed E-state index contributed by atoms with van der Waals surface area (Å²) in [7, 11) is 0. The molecule has 0 amide bonds. The average molecular weight is 289 g/mol. The summed E-state index contributed by atoms with van der Waals surface area (Å²) in [5.41, 5.74) is 6.00. The molecule has 0 atom stereocenters. The van der Waals surface area contributed by atoms with E-state index in [0.717, 1.165) is 40.2 Å². The minimum absolute atomic E-state index is 0.109. The lowest BCUT2D eigenvalue weighted by molar-refractivity contribution is -0.113. The highest BCUT2D eigenvalue weighted by molar-refractivity contribution is 6.35. The summed E-state index contributed by atoms with van der Waals surface area (Å²) >= 11 is 0. The zero-order valence-electron chi connectivity index (χ0n) is 12.3. The lowest BCUT2D eigenvalue weighted by Crippen LogP contribution is -2.26. The van der Waals surface area contributed by atoms with Crippen LogP contribution in [-0.4, -0.2) is 29.6 Å². The minimum atomic E-state index is 0.109. The highest BCUT2D eigenvalue weighted by atomic mass is 16.1. The van der Waals surface area contributed by atoms with E-state index >= 15 is 0 Å². The van der Waals surface area contributed by atoms with Crippen LogP contribution in [0, 0.1) is 0 Å². The number of aromatic nitrogens is 1. The van der Waals surface area contributed by atoms with Crippen molar-refractivity contribution in [1.82, 2.24) is 4.98 Å². The Morgan fingerprint density at radius 1 is 1.14 bits per heavy atom. The number of fused-ring (bicyclic) bond motifs is 3. The number of carbonyl (C=O) groups is 1. The maximum absolute atomic E-state index is 12.0. The van der Waals surface area contributed by atoms with Crippen molar-refractivity contribution in [2.45, 2.75) is 6.92 Å². The van der Waals surface area contributed by atoms with Crippen LogP contribution in [0.3, 0.4) is 0 Å². The molecule has 0 N–H and O–H groups in total. The first kappa shape index (κ1) is 13.0. The quantitative estimate of drug-likeness (QED) is 0.854. The Morgan fingerprint density at radius 3 is 2.73 bits per heavy atom. The van der Waals surface area contributed by atoms with E-state index in [2.05, 4.69) is 40.0 Å². The van der Waals surface area contributed by atoms with Gasteiger partial charge in [0.2, 0.25) is 0 Å². The summed E-state index contributed by atoms with van der Waals surface area (Å²) < 4.78 is 0. The molecule has 4 heteroatoms. The molecule has 4 rings (SSSR count). The molecule has 3 heterocycles. The van der Waals surface area contributed by atoms with Crippen molar-refractivity contribution in [3.05, 3.63) is 60.1 Å². The van der Waals surface area contributed by atoms with Gasteiger partial charge in [-0.25, -0.2) is 0 Å². The van der Waals surface area contributed by atoms with Gasteiger partial charge in [0, 0.05) is 30.7 Å². The molecule has 108 valence electrons. The fourth-order valence-electron chi connectivity index (χ4n) is 3.00. The van der Waals surface area contributed by atoms with Gasteiger partial charge in [0.05, 0.1) is 17.0 Å². The van der Waals surface area contributed by atoms with Gasteiger partial charge in [-0.15, -0.1) is 0 Å². The number of benzene rings is 1. The fourth-order valence-corrected chi connectivity index (χ4v) is 3.00. The van der Waals surface area contributed by atoms with Gasteiger partial charge in [0.25, 0.3) is 0 Å². The number of aliphatic imine (C=N–C) groups is 1. The third-order valence-electron chi connectivity index (χ3n) is 4.14. The van der Waals surface area contributed by atoms with Crippen molar-refractivity contribution in [3.63, 3.8) is 0 Å². The Balaban J connectivity index is 1.87. The van der Waals surface area contributed by atoms with Crippen LogP contribution in [0.5, 0.6) is 0 Å². The molecule has 1 aromatic heterocycles. The van der Waals surface area contributed by atoms with Gasteiger partial charge in [-0.05, 0) is 36.2 Å². The molecule has 22 heavy (non-hydrogen) atoms. The van der Waals surface area contributed by atoms with Crippen molar-refractivity contribution in [2.24, 2.45) is 4.99 Å². The smallest absolute Gasteiger partial charge is 0.187 e. The number of hydrogen-bond acceptors (Lipinski definition) is 4. The Labute approximate surface area is 128 Å². The van der Waals surface area contributed by atoms with E-state index in [4.69, 9.17) is 0 Å². The largest absolute Gasteiger partial charge is 0.347 e. The van der Waals surface area contributed by atoms with Gasteiger partial charge in [-0.2, -0.15) is 0 Å². The molecule has 0 saturated carbocycles. The van der Waals surface area contributed by atoms with Crippen LogP contribution in [0.1, 0.15) is 12.5 Å². The highest BCUT2D eigenvalue weighted by Crippen LogP contribution is 2.35. The molecule has 0 radical (unpaired) electrons. The molecule has 2 aliphatic heterocycles. The summed E-state index contributed by atoms with van der Waals surface area (Å²) in [4.78, 5) is 22.6. The van der Waals surface area contributed by atoms with E-state index in [9.17, 15) is 4.79 Å². The van der Waals surface area contributed by atoms with E-state index < -0.39 is 0 Å². The summed E-state index contributed by atoms with van der Waals surface area (Å²) in [5, 5.41) is 0. The van der Waals surface area contributed by atoms with Crippen LogP contribution in [0.25, 0.3) is 11.1 Å². The predicted octanol–water partition coefficient (Wildman–Crippen LogP) is 2.84. The van der Waals surface area contributed by atoms with Crippen molar-refractivity contribution in [2.75, 3.05) is 18.0 Å². The molecule has 0 bridgehead atoms. The van der Waals surface area contributed by atoms with Crippen molar-refractivity contribution >= 4 is 17.2 Å². The van der Waals surface area contributed by atoms with E-state index in [-0.39, 0.29) is 12.3 Å². The lowest BCUT2D eigenvalue weighted by Gasteiger charge is -2.27. The maximum Gasteiger partial charge on any atom is 0.187 e. The fraction of sp³-hybridized carbons (Fsp3) is 0.167. The van der Waals surface area contributed by atoms with Crippen LogP contribution in [-0.2, 0) is 4.79 Å². The van der Waals surface area contributed by atoms with E-state index in [1.807, 2.05) is 18.3 Å². The Morgan fingerprint density at radius 2 is 1.95 bits per heavy atom. The number of rotatable bonds is 2. The molecule has 0 unspecified atom stereocenters. The molecule has 2 aliphatic rings. The first-order valence-electron chi connectivity index (χ1n) is 7.39. The normalized spacial score (nSPS) is 16.0. The number of carbonyl (C=O) groups excluding carboxylic acids is 1. The number of ketones is 1. The van der Waals surface area contributed by atoms with E-state index in [1.165, 1.54) is 0 Å². The number of pyridine rings is 1. The van der Waals surface area contributed by atoms with Crippen LogP contribution in [0.15, 0.2) is 59.5 Å². The first-order chi connectivity index (χ1) is 10.8. The molecular formula is C18H15N3O. The highest BCUT2D eigenvalue weighted by Gasteiger charge is 2.30. The molecule has 0 saturated heterocycles. The Bertz CT molecular complexity index is 821. The number of Topliss-reactive ketones (excluding diaryl/α,β-unsaturated/α-hetero) is 1. The van der Waals surface area contributed by atoms with Gasteiger partial charge in [0.1, 0.15) is 6.54 Å². The molecular weight excluding hydrogens is 274 g/mol.